The molecule has 1 atom stereocenters. The molecule has 2 rings (SSSR count). The number of aliphatic hydroxyl groups excluding tert-OH is 1. The fourth-order valence-corrected chi connectivity index (χ4v) is 2.01. The first-order valence-electron chi connectivity index (χ1n) is 4.70. The Morgan fingerprint density at radius 1 is 1.50 bits per heavy atom. The second kappa shape index (κ2) is 3.21. The molecule has 0 spiro atoms. The molecule has 1 aliphatic carbocycles. The van der Waals surface area contributed by atoms with Crippen LogP contribution < -0.4 is 0 Å². The van der Waals surface area contributed by atoms with E-state index in [1.54, 1.807) is 19.1 Å². The zero-order valence-corrected chi connectivity index (χ0v) is 8.68. The summed E-state index contributed by atoms with van der Waals surface area (Å²) in [6, 6.07) is 4.78. The average Bonchev–Trinajstić information content (AvgIpc) is 2.90. The van der Waals surface area contributed by atoms with E-state index < -0.39 is 11.9 Å². The minimum atomic E-state index is -0.428. The van der Waals surface area contributed by atoms with E-state index in [1.165, 1.54) is 6.07 Å². The largest absolute Gasteiger partial charge is 0.392 e. The van der Waals surface area contributed by atoms with Crippen LogP contribution in [0.15, 0.2) is 18.2 Å². The van der Waals surface area contributed by atoms with E-state index in [9.17, 15) is 9.50 Å². The van der Waals surface area contributed by atoms with Crippen molar-refractivity contribution in [1.82, 2.24) is 0 Å². The number of rotatable bonds is 2. The third-order valence-corrected chi connectivity index (χ3v) is 3.39. The van der Waals surface area contributed by atoms with Gasteiger partial charge >= 0.3 is 0 Å². The first kappa shape index (κ1) is 9.94. The van der Waals surface area contributed by atoms with Crippen LogP contribution in [0.5, 0.6) is 0 Å². The molecule has 1 unspecified atom stereocenters. The van der Waals surface area contributed by atoms with Crippen molar-refractivity contribution in [2.45, 2.75) is 31.3 Å². The van der Waals surface area contributed by atoms with Gasteiger partial charge in [0, 0.05) is 5.41 Å². The van der Waals surface area contributed by atoms with Crippen LogP contribution in [0.1, 0.15) is 25.3 Å². The minimum absolute atomic E-state index is 0.134. The molecular formula is C11H12ClFO. The van der Waals surface area contributed by atoms with E-state index in [0.29, 0.717) is 0 Å². The Hall–Kier alpha value is -0.600. The maximum Gasteiger partial charge on any atom is 0.142 e. The topological polar surface area (TPSA) is 20.2 Å². The summed E-state index contributed by atoms with van der Waals surface area (Å²) in [5.41, 5.74) is 0.639. The van der Waals surface area contributed by atoms with E-state index in [4.69, 9.17) is 11.6 Å². The van der Waals surface area contributed by atoms with Crippen molar-refractivity contribution in [3.63, 3.8) is 0 Å². The van der Waals surface area contributed by atoms with Gasteiger partial charge in [0.05, 0.1) is 11.1 Å². The Morgan fingerprint density at radius 3 is 2.57 bits per heavy atom. The Morgan fingerprint density at radius 2 is 2.14 bits per heavy atom. The van der Waals surface area contributed by atoms with Gasteiger partial charge in [0.2, 0.25) is 0 Å². The average molecular weight is 215 g/mol. The summed E-state index contributed by atoms with van der Waals surface area (Å²) in [6.45, 7) is 1.75. The first-order valence-corrected chi connectivity index (χ1v) is 5.08. The molecule has 76 valence electrons. The van der Waals surface area contributed by atoms with Gasteiger partial charge in [-0.2, -0.15) is 0 Å². The summed E-state index contributed by atoms with van der Waals surface area (Å²) in [5, 5.41) is 9.74. The molecule has 1 nitrogen and oxygen atoms in total. The lowest BCUT2D eigenvalue weighted by atomic mass is 9.91. The second-order valence-corrected chi connectivity index (χ2v) is 4.37. The number of benzene rings is 1. The predicted octanol–water partition coefficient (Wildman–Crippen LogP) is 2.89. The normalized spacial score (nSPS) is 20.6. The maximum absolute atomic E-state index is 13.2. The summed E-state index contributed by atoms with van der Waals surface area (Å²) >= 11 is 5.59. The van der Waals surface area contributed by atoms with Crippen molar-refractivity contribution < 1.29 is 9.50 Å². The monoisotopic (exact) mass is 214 g/mol. The zero-order chi connectivity index (χ0) is 10.3. The van der Waals surface area contributed by atoms with Crippen molar-refractivity contribution in [2.24, 2.45) is 0 Å². The highest BCUT2D eigenvalue weighted by Gasteiger charge is 2.48. The van der Waals surface area contributed by atoms with Crippen LogP contribution in [0.3, 0.4) is 0 Å². The van der Waals surface area contributed by atoms with Crippen LogP contribution >= 0.6 is 11.6 Å². The van der Waals surface area contributed by atoms with Crippen LogP contribution in [0.2, 0.25) is 5.02 Å². The summed E-state index contributed by atoms with van der Waals surface area (Å²) in [4.78, 5) is 0. The highest BCUT2D eigenvalue weighted by Crippen LogP contribution is 2.51. The van der Waals surface area contributed by atoms with Gasteiger partial charge in [0.1, 0.15) is 5.82 Å². The quantitative estimate of drug-likeness (QED) is 0.803. The van der Waals surface area contributed by atoms with Crippen LogP contribution in [0.25, 0.3) is 0 Å². The predicted molar refractivity (Wildman–Crippen MR) is 54.0 cm³/mol. The smallest absolute Gasteiger partial charge is 0.142 e. The lowest BCUT2D eigenvalue weighted by Crippen LogP contribution is -2.22. The lowest BCUT2D eigenvalue weighted by molar-refractivity contribution is 0.150. The van der Waals surface area contributed by atoms with E-state index in [-0.39, 0.29) is 10.4 Å². The molecule has 3 heteroatoms. The summed E-state index contributed by atoms with van der Waals surface area (Å²) < 4.78 is 13.2. The Kier molecular flexibility index (Phi) is 2.28. The molecule has 0 heterocycles. The fraction of sp³-hybridized carbons (Fsp3) is 0.455. The zero-order valence-electron chi connectivity index (χ0n) is 7.93. The molecule has 0 saturated heterocycles. The van der Waals surface area contributed by atoms with Crippen molar-refractivity contribution in [2.75, 3.05) is 0 Å². The van der Waals surface area contributed by atoms with E-state index in [1.807, 2.05) is 0 Å². The van der Waals surface area contributed by atoms with Crippen molar-refractivity contribution >= 4 is 11.6 Å². The van der Waals surface area contributed by atoms with Gasteiger partial charge in [-0.1, -0.05) is 17.7 Å². The molecular weight excluding hydrogens is 203 g/mol. The van der Waals surface area contributed by atoms with Gasteiger partial charge in [-0.15, -0.1) is 0 Å². The SMILES string of the molecule is CC(O)C1(c2ccc(Cl)c(F)c2)CC1. The minimum Gasteiger partial charge on any atom is -0.392 e. The highest BCUT2D eigenvalue weighted by atomic mass is 35.5. The lowest BCUT2D eigenvalue weighted by Gasteiger charge is -2.19. The van der Waals surface area contributed by atoms with Gasteiger partial charge in [-0.25, -0.2) is 4.39 Å². The number of hydrogen-bond acceptors (Lipinski definition) is 1. The van der Waals surface area contributed by atoms with Crippen LogP contribution in [-0.2, 0) is 5.41 Å². The number of aliphatic hydroxyl groups is 1. The van der Waals surface area contributed by atoms with Crippen LogP contribution in [0.4, 0.5) is 4.39 Å². The summed E-state index contributed by atoms with van der Waals surface area (Å²) in [6.07, 6.45) is 1.42. The fourth-order valence-electron chi connectivity index (χ4n) is 1.89. The molecule has 1 N–H and O–H groups in total. The Bertz CT molecular complexity index is 358. The third kappa shape index (κ3) is 1.43. The molecule has 1 aromatic carbocycles. The van der Waals surface area contributed by atoms with E-state index in [2.05, 4.69) is 0 Å². The van der Waals surface area contributed by atoms with Gasteiger partial charge in [0.15, 0.2) is 0 Å². The Balaban J connectivity index is 2.38. The summed E-state index contributed by atoms with van der Waals surface area (Å²) in [7, 11) is 0. The molecule has 0 aromatic heterocycles. The first-order chi connectivity index (χ1) is 6.56. The molecule has 1 aliphatic rings. The van der Waals surface area contributed by atoms with Gasteiger partial charge in [-0.05, 0) is 37.5 Å². The van der Waals surface area contributed by atoms with Gasteiger partial charge < -0.3 is 5.11 Å². The van der Waals surface area contributed by atoms with Crippen LogP contribution in [0, 0.1) is 5.82 Å². The third-order valence-electron chi connectivity index (χ3n) is 3.08. The number of hydrogen-bond donors (Lipinski definition) is 1. The molecule has 1 fully saturated rings. The molecule has 1 aromatic rings. The molecule has 14 heavy (non-hydrogen) atoms. The van der Waals surface area contributed by atoms with Crippen molar-refractivity contribution in [3.05, 3.63) is 34.6 Å². The highest BCUT2D eigenvalue weighted by molar-refractivity contribution is 6.30. The molecule has 1 saturated carbocycles. The van der Waals surface area contributed by atoms with Crippen LogP contribution in [-0.4, -0.2) is 11.2 Å². The molecule has 0 bridgehead atoms. The summed E-state index contributed by atoms with van der Waals surface area (Å²) in [5.74, 6) is -0.406. The van der Waals surface area contributed by atoms with Crippen molar-refractivity contribution in [3.8, 4) is 0 Å². The van der Waals surface area contributed by atoms with E-state index >= 15 is 0 Å². The molecule has 0 aliphatic heterocycles. The Labute approximate surface area is 87.5 Å². The standard InChI is InChI=1S/C11H12ClFO/c1-7(14)11(4-5-11)8-2-3-9(12)10(13)6-8/h2-3,6-7,14H,4-5H2,1H3. The molecule has 0 amide bonds. The van der Waals surface area contributed by atoms with E-state index in [0.717, 1.165) is 18.4 Å². The van der Waals surface area contributed by atoms with Gasteiger partial charge in [0.25, 0.3) is 0 Å². The van der Waals surface area contributed by atoms with Gasteiger partial charge in [-0.3, -0.25) is 0 Å². The second-order valence-electron chi connectivity index (χ2n) is 3.96. The molecule has 0 radical (unpaired) electrons. The number of halogens is 2. The maximum atomic E-state index is 13.2. The van der Waals surface area contributed by atoms with Crippen molar-refractivity contribution in [1.29, 1.82) is 0 Å².